The topological polar surface area (TPSA) is 44.4 Å². The van der Waals surface area contributed by atoms with Crippen molar-refractivity contribution in [3.05, 3.63) is 28.2 Å². The molecular formula is C17H26Cl3N3O. The Morgan fingerprint density at radius 3 is 2.75 bits per heavy atom. The van der Waals surface area contributed by atoms with Crippen LogP contribution in [0.25, 0.3) is 0 Å². The third kappa shape index (κ3) is 6.41. The summed E-state index contributed by atoms with van der Waals surface area (Å²) in [5, 5.41) is 7.30. The van der Waals surface area contributed by atoms with Crippen molar-refractivity contribution >= 4 is 47.2 Å². The molecule has 1 saturated heterocycles. The first-order valence-electron chi connectivity index (χ1n) is 8.10. The van der Waals surface area contributed by atoms with Gasteiger partial charge in [0, 0.05) is 18.1 Å². The van der Waals surface area contributed by atoms with E-state index in [-0.39, 0.29) is 23.7 Å². The average Bonchev–Trinajstić information content (AvgIpc) is 2.88. The maximum Gasteiger partial charge on any atom is 0.238 e. The highest BCUT2D eigenvalue weighted by atomic mass is 35.5. The maximum absolute atomic E-state index is 12.4. The van der Waals surface area contributed by atoms with Crippen molar-refractivity contribution in [3.8, 4) is 0 Å². The van der Waals surface area contributed by atoms with Crippen LogP contribution in [-0.4, -0.2) is 43.5 Å². The van der Waals surface area contributed by atoms with Gasteiger partial charge in [-0.25, -0.2) is 0 Å². The average molecular weight is 395 g/mol. The van der Waals surface area contributed by atoms with E-state index in [9.17, 15) is 4.79 Å². The van der Waals surface area contributed by atoms with Crippen LogP contribution in [0.1, 0.15) is 26.7 Å². The molecule has 2 N–H and O–H groups in total. The molecule has 1 atom stereocenters. The highest BCUT2D eigenvalue weighted by molar-refractivity contribution is 6.36. The lowest BCUT2D eigenvalue weighted by Crippen LogP contribution is -2.41. The number of benzene rings is 1. The second-order valence-electron chi connectivity index (χ2n) is 6.62. The van der Waals surface area contributed by atoms with Gasteiger partial charge in [-0.05, 0) is 49.5 Å². The first-order valence-corrected chi connectivity index (χ1v) is 8.85. The van der Waals surface area contributed by atoms with Crippen molar-refractivity contribution in [2.75, 3.05) is 38.0 Å². The van der Waals surface area contributed by atoms with Crippen LogP contribution >= 0.6 is 35.6 Å². The fourth-order valence-corrected chi connectivity index (χ4v) is 3.51. The second-order valence-corrected chi connectivity index (χ2v) is 7.46. The van der Waals surface area contributed by atoms with E-state index in [1.165, 1.54) is 0 Å². The van der Waals surface area contributed by atoms with E-state index in [0.717, 1.165) is 39.0 Å². The zero-order valence-electron chi connectivity index (χ0n) is 14.2. The Labute approximate surface area is 160 Å². The van der Waals surface area contributed by atoms with Gasteiger partial charge in [-0.15, -0.1) is 12.4 Å². The molecule has 1 amide bonds. The number of rotatable bonds is 7. The molecule has 24 heavy (non-hydrogen) atoms. The number of nitrogens with one attached hydrogen (secondary N) is 2. The summed E-state index contributed by atoms with van der Waals surface area (Å²) < 4.78 is 0. The SMILES string of the molecule is CCCN(CC(=O)Nc1ccc(Cl)cc1Cl)CC1(C)CCNC1.Cl. The quantitative estimate of drug-likeness (QED) is 0.733. The minimum atomic E-state index is -0.0442. The molecule has 1 heterocycles. The summed E-state index contributed by atoms with van der Waals surface area (Å²) in [7, 11) is 0. The Hall–Kier alpha value is -0.520. The minimum Gasteiger partial charge on any atom is -0.324 e. The molecule has 136 valence electrons. The Morgan fingerprint density at radius 1 is 1.42 bits per heavy atom. The minimum absolute atomic E-state index is 0. The summed E-state index contributed by atoms with van der Waals surface area (Å²) in [5.74, 6) is -0.0442. The van der Waals surface area contributed by atoms with Crippen LogP contribution < -0.4 is 10.6 Å². The Bertz CT molecular complexity index is 548. The summed E-state index contributed by atoms with van der Waals surface area (Å²) in [6.07, 6.45) is 2.18. The van der Waals surface area contributed by atoms with Gasteiger partial charge in [-0.2, -0.15) is 0 Å². The lowest BCUT2D eigenvalue weighted by atomic mass is 9.89. The zero-order chi connectivity index (χ0) is 16.9. The lowest BCUT2D eigenvalue weighted by Gasteiger charge is -2.31. The van der Waals surface area contributed by atoms with Crippen LogP contribution in [0.5, 0.6) is 0 Å². The number of anilines is 1. The molecule has 0 radical (unpaired) electrons. The van der Waals surface area contributed by atoms with Gasteiger partial charge in [0.05, 0.1) is 17.3 Å². The van der Waals surface area contributed by atoms with Crippen LogP contribution in [-0.2, 0) is 4.79 Å². The number of hydrogen-bond acceptors (Lipinski definition) is 3. The van der Waals surface area contributed by atoms with Crippen molar-refractivity contribution in [1.82, 2.24) is 10.2 Å². The van der Waals surface area contributed by atoms with E-state index >= 15 is 0 Å². The monoisotopic (exact) mass is 393 g/mol. The summed E-state index contributed by atoms with van der Waals surface area (Å²) >= 11 is 12.0. The van der Waals surface area contributed by atoms with Crippen LogP contribution in [0, 0.1) is 5.41 Å². The molecule has 0 aliphatic carbocycles. The molecule has 4 nitrogen and oxygen atoms in total. The van der Waals surface area contributed by atoms with Crippen molar-refractivity contribution in [2.24, 2.45) is 5.41 Å². The van der Waals surface area contributed by atoms with Gasteiger partial charge < -0.3 is 10.6 Å². The van der Waals surface area contributed by atoms with Gasteiger partial charge in [0.2, 0.25) is 5.91 Å². The van der Waals surface area contributed by atoms with Gasteiger partial charge in [0.1, 0.15) is 0 Å². The molecular weight excluding hydrogens is 369 g/mol. The number of hydrogen-bond donors (Lipinski definition) is 2. The summed E-state index contributed by atoms with van der Waals surface area (Å²) in [4.78, 5) is 14.6. The molecule has 0 spiro atoms. The van der Waals surface area contributed by atoms with E-state index in [1.54, 1.807) is 18.2 Å². The predicted octanol–water partition coefficient (Wildman–Crippen LogP) is 4.07. The predicted molar refractivity (Wildman–Crippen MR) is 105 cm³/mol. The zero-order valence-corrected chi connectivity index (χ0v) is 16.5. The third-order valence-electron chi connectivity index (χ3n) is 4.17. The van der Waals surface area contributed by atoms with E-state index in [1.807, 2.05) is 0 Å². The smallest absolute Gasteiger partial charge is 0.238 e. The molecule has 1 aliphatic rings. The lowest BCUT2D eigenvalue weighted by molar-refractivity contribution is -0.117. The van der Waals surface area contributed by atoms with E-state index < -0.39 is 0 Å². The Kier molecular flexibility index (Phi) is 8.82. The van der Waals surface area contributed by atoms with Crippen LogP contribution in [0.2, 0.25) is 10.0 Å². The molecule has 0 bridgehead atoms. The summed E-state index contributed by atoms with van der Waals surface area (Å²) in [6, 6.07) is 5.08. The van der Waals surface area contributed by atoms with Gasteiger partial charge in [-0.3, -0.25) is 9.69 Å². The van der Waals surface area contributed by atoms with Crippen LogP contribution in [0.3, 0.4) is 0 Å². The molecule has 1 aromatic rings. The molecule has 1 aromatic carbocycles. The molecule has 1 fully saturated rings. The van der Waals surface area contributed by atoms with Gasteiger partial charge >= 0.3 is 0 Å². The van der Waals surface area contributed by atoms with Crippen molar-refractivity contribution in [2.45, 2.75) is 26.7 Å². The Balaban J connectivity index is 0.00000288. The van der Waals surface area contributed by atoms with E-state index in [2.05, 4.69) is 29.4 Å². The maximum atomic E-state index is 12.4. The standard InChI is InChI=1S/C17H25Cl2N3O.ClH/c1-3-8-22(12-17(2)6-7-20-11-17)10-16(23)21-15-5-4-13(18)9-14(15)19;/h4-5,9,20H,3,6-8,10-12H2,1-2H3,(H,21,23);1H. The molecule has 7 heteroatoms. The normalized spacial score (nSPS) is 20.0. The Morgan fingerprint density at radius 2 is 2.17 bits per heavy atom. The number of nitrogens with zero attached hydrogens (tertiary/aromatic N) is 1. The van der Waals surface area contributed by atoms with Gasteiger partial charge in [0.25, 0.3) is 0 Å². The molecule has 1 aliphatic heterocycles. The first-order chi connectivity index (χ1) is 10.9. The molecule has 0 saturated carbocycles. The molecule has 1 unspecified atom stereocenters. The fraction of sp³-hybridized carbons (Fsp3) is 0.588. The summed E-state index contributed by atoms with van der Waals surface area (Å²) in [6.45, 7) is 8.70. The van der Waals surface area contributed by atoms with Gasteiger partial charge in [-0.1, -0.05) is 37.0 Å². The largest absolute Gasteiger partial charge is 0.324 e. The number of carbonyl (C=O) groups is 1. The highest BCUT2D eigenvalue weighted by Gasteiger charge is 2.31. The fourth-order valence-electron chi connectivity index (χ4n) is 3.06. The van der Waals surface area contributed by atoms with Crippen molar-refractivity contribution in [1.29, 1.82) is 0 Å². The van der Waals surface area contributed by atoms with Crippen LogP contribution in [0.4, 0.5) is 5.69 Å². The highest BCUT2D eigenvalue weighted by Crippen LogP contribution is 2.27. The van der Waals surface area contributed by atoms with Crippen molar-refractivity contribution in [3.63, 3.8) is 0 Å². The van der Waals surface area contributed by atoms with E-state index in [0.29, 0.717) is 22.3 Å². The first kappa shape index (κ1) is 21.5. The molecule has 2 rings (SSSR count). The van der Waals surface area contributed by atoms with Crippen LogP contribution in [0.15, 0.2) is 18.2 Å². The number of amides is 1. The summed E-state index contributed by atoms with van der Waals surface area (Å²) in [5.41, 5.74) is 0.846. The number of carbonyl (C=O) groups excluding carboxylic acids is 1. The third-order valence-corrected chi connectivity index (χ3v) is 4.72. The second kappa shape index (κ2) is 9.83. The van der Waals surface area contributed by atoms with E-state index in [4.69, 9.17) is 23.2 Å². The van der Waals surface area contributed by atoms with Crippen molar-refractivity contribution < 1.29 is 4.79 Å². The number of halogens is 3. The molecule has 0 aromatic heterocycles. The van der Waals surface area contributed by atoms with Gasteiger partial charge in [0.15, 0.2) is 0 Å².